The van der Waals surface area contributed by atoms with Crippen LogP contribution in [-0.4, -0.2) is 37.4 Å². The van der Waals surface area contributed by atoms with Crippen molar-refractivity contribution >= 4 is 27.5 Å². The van der Waals surface area contributed by atoms with E-state index in [9.17, 15) is 13.2 Å². The number of carbonyl (C=O) groups is 1. The lowest BCUT2D eigenvalue weighted by atomic mass is 10.1. The highest BCUT2D eigenvalue weighted by Crippen LogP contribution is 2.23. The molecule has 0 aliphatic carbocycles. The van der Waals surface area contributed by atoms with Crippen molar-refractivity contribution in [3.8, 4) is 0 Å². The van der Waals surface area contributed by atoms with Crippen LogP contribution < -0.4 is 4.72 Å². The summed E-state index contributed by atoms with van der Waals surface area (Å²) >= 11 is 6.00. The van der Waals surface area contributed by atoms with Crippen LogP contribution in [0, 0.1) is 0 Å². The number of hydrogen-bond donors (Lipinski definition) is 1. The quantitative estimate of drug-likeness (QED) is 0.910. The van der Waals surface area contributed by atoms with Gasteiger partial charge in [0.05, 0.1) is 5.75 Å². The summed E-state index contributed by atoms with van der Waals surface area (Å²) < 4.78 is 27.2. The number of likely N-dealkylation sites (tertiary alicyclic amines) is 1. The molecular weight excluding hydrogens is 324 g/mol. The van der Waals surface area contributed by atoms with E-state index >= 15 is 0 Å². The first-order chi connectivity index (χ1) is 10.1. The number of benzene rings is 1. The van der Waals surface area contributed by atoms with Crippen molar-refractivity contribution in [1.29, 1.82) is 0 Å². The fourth-order valence-corrected chi connectivity index (χ4v) is 4.24. The summed E-state index contributed by atoms with van der Waals surface area (Å²) in [6.07, 6.45) is 0.193. The van der Waals surface area contributed by atoms with E-state index < -0.39 is 10.0 Å². The fraction of sp³-hybridized carbons (Fsp3) is 0.533. The average Bonchev–Trinajstić information content (AvgIpc) is 2.72. The second kappa shape index (κ2) is 6.18. The third-order valence-corrected chi connectivity index (χ3v) is 5.34. The van der Waals surface area contributed by atoms with Crippen molar-refractivity contribution in [1.82, 2.24) is 9.62 Å². The minimum absolute atomic E-state index is 0.0297. The minimum Gasteiger partial charge on any atom is -0.336 e. The first-order valence-corrected chi connectivity index (χ1v) is 9.15. The summed E-state index contributed by atoms with van der Waals surface area (Å²) in [5.74, 6) is -0.217. The van der Waals surface area contributed by atoms with Crippen LogP contribution in [-0.2, 0) is 20.6 Å². The SMILES string of the molecule is CC(C)(C)N1CC(NS(=O)(=O)Cc2ccccc2Cl)CC1=O. The zero-order valence-electron chi connectivity index (χ0n) is 13.0. The van der Waals surface area contributed by atoms with Gasteiger partial charge in [-0.3, -0.25) is 4.79 Å². The van der Waals surface area contributed by atoms with Gasteiger partial charge in [0.2, 0.25) is 15.9 Å². The molecule has 122 valence electrons. The Balaban J connectivity index is 2.05. The van der Waals surface area contributed by atoms with Crippen LogP contribution in [0.4, 0.5) is 0 Å². The van der Waals surface area contributed by atoms with Crippen LogP contribution in [0.25, 0.3) is 0 Å². The molecule has 22 heavy (non-hydrogen) atoms. The summed E-state index contributed by atoms with van der Waals surface area (Å²) in [6.45, 7) is 6.20. The maximum atomic E-state index is 12.3. The molecule has 1 heterocycles. The molecular formula is C15H21ClN2O3S. The summed E-state index contributed by atoms with van der Waals surface area (Å²) in [4.78, 5) is 13.7. The number of carbonyl (C=O) groups excluding carboxylic acids is 1. The molecule has 0 aromatic heterocycles. The Morgan fingerprint density at radius 3 is 2.50 bits per heavy atom. The van der Waals surface area contributed by atoms with Crippen LogP contribution >= 0.6 is 11.6 Å². The van der Waals surface area contributed by atoms with Gasteiger partial charge in [-0.2, -0.15) is 0 Å². The van der Waals surface area contributed by atoms with Crippen molar-refractivity contribution in [2.45, 2.75) is 44.5 Å². The Hall–Kier alpha value is -1.11. The van der Waals surface area contributed by atoms with Gasteiger partial charge < -0.3 is 4.90 Å². The largest absolute Gasteiger partial charge is 0.336 e. The molecule has 1 aromatic rings. The number of hydrogen-bond acceptors (Lipinski definition) is 3. The Morgan fingerprint density at radius 1 is 1.32 bits per heavy atom. The number of amides is 1. The maximum absolute atomic E-state index is 12.3. The van der Waals surface area contributed by atoms with Gasteiger partial charge in [0.1, 0.15) is 0 Å². The molecule has 1 aromatic carbocycles. The van der Waals surface area contributed by atoms with Crippen molar-refractivity contribution in [3.63, 3.8) is 0 Å². The highest BCUT2D eigenvalue weighted by atomic mass is 35.5. The molecule has 1 saturated heterocycles. The van der Waals surface area contributed by atoms with Gasteiger partial charge in [-0.25, -0.2) is 13.1 Å². The van der Waals surface area contributed by atoms with E-state index in [0.29, 0.717) is 17.1 Å². The zero-order valence-corrected chi connectivity index (χ0v) is 14.5. The van der Waals surface area contributed by atoms with Gasteiger partial charge in [0, 0.05) is 29.6 Å². The molecule has 0 radical (unpaired) electrons. The number of halogens is 1. The van der Waals surface area contributed by atoms with Crippen molar-refractivity contribution in [2.24, 2.45) is 0 Å². The van der Waals surface area contributed by atoms with Crippen LogP contribution in [0.2, 0.25) is 5.02 Å². The van der Waals surface area contributed by atoms with E-state index in [4.69, 9.17) is 11.6 Å². The predicted molar refractivity (Wildman–Crippen MR) is 87.1 cm³/mol. The van der Waals surface area contributed by atoms with Gasteiger partial charge in [0.25, 0.3) is 0 Å². The predicted octanol–water partition coefficient (Wildman–Crippen LogP) is 2.16. The van der Waals surface area contributed by atoms with Crippen LogP contribution in [0.5, 0.6) is 0 Å². The number of nitrogens with one attached hydrogen (secondary N) is 1. The van der Waals surface area contributed by atoms with Gasteiger partial charge in [0.15, 0.2) is 0 Å². The standard InChI is InChI=1S/C15H21ClN2O3S/c1-15(2,3)18-9-12(8-14(18)19)17-22(20,21)10-11-6-4-5-7-13(11)16/h4-7,12,17H,8-10H2,1-3H3. The van der Waals surface area contributed by atoms with Crippen molar-refractivity contribution < 1.29 is 13.2 Å². The fourth-order valence-electron chi connectivity index (χ4n) is 2.55. The Kier molecular flexibility index (Phi) is 4.84. The van der Waals surface area contributed by atoms with E-state index in [1.54, 1.807) is 29.2 Å². The van der Waals surface area contributed by atoms with Gasteiger partial charge in [-0.1, -0.05) is 29.8 Å². The molecule has 2 rings (SSSR count). The molecule has 0 bridgehead atoms. The monoisotopic (exact) mass is 344 g/mol. The number of rotatable bonds is 4. The molecule has 7 heteroatoms. The summed E-state index contributed by atoms with van der Waals surface area (Å²) in [5, 5.41) is 0.423. The second-order valence-corrected chi connectivity index (χ2v) is 8.71. The molecule has 1 fully saturated rings. The molecule has 0 saturated carbocycles. The molecule has 1 aliphatic heterocycles. The van der Waals surface area contributed by atoms with E-state index in [1.807, 2.05) is 20.8 Å². The average molecular weight is 345 g/mol. The lowest BCUT2D eigenvalue weighted by Crippen LogP contribution is -2.44. The number of nitrogens with zero attached hydrogens (tertiary/aromatic N) is 1. The Bertz CT molecular complexity index is 668. The summed E-state index contributed by atoms with van der Waals surface area (Å²) in [6, 6.07) is 6.45. The number of sulfonamides is 1. The van der Waals surface area contributed by atoms with Gasteiger partial charge in [-0.05, 0) is 32.4 Å². The summed E-state index contributed by atoms with van der Waals surface area (Å²) in [7, 11) is -3.55. The van der Waals surface area contributed by atoms with Gasteiger partial charge >= 0.3 is 0 Å². The molecule has 1 atom stereocenters. The normalized spacial score (nSPS) is 19.7. The lowest BCUT2D eigenvalue weighted by molar-refractivity contribution is -0.131. The van der Waals surface area contributed by atoms with Crippen molar-refractivity contribution in [2.75, 3.05) is 6.54 Å². The van der Waals surface area contributed by atoms with E-state index in [0.717, 1.165) is 0 Å². The van der Waals surface area contributed by atoms with E-state index in [1.165, 1.54) is 0 Å². The van der Waals surface area contributed by atoms with Gasteiger partial charge in [-0.15, -0.1) is 0 Å². The smallest absolute Gasteiger partial charge is 0.224 e. The molecule has 1 amide bonds. The minimum atomic E-state index is -3.55. The second-order valence-electron chi connectivity index (χ2n) is 6.54. The van der Waals surface area contributed by atoms with E-state index in [-0.39, 0.29) is 29.7 Å². The van der Waals surface area contributed by atoms with E-state index in [2.05, 4.69) is 4.72 Å². The lowest BCUT2D eigenvalue weighted by Gasteiger charge is -2.32. The molecule has 1 unspecified atom stereocenters. The zero-order chi connectivity index (χ0) is 16.5. The first kappa shape index (κ1) is 17.2. The highest BCUT2D eigenvalue weighted by molar-refractivity contribution is 7.88. The van der Waals surface area contributed by atoms with Crippen LogP contribution in [0.1, 0.15) is 32.8 Å². The van der Waals surface area contributed by atoms with Crippen LogP contribution in [0.3, 0.4) is 0 Å². The highest BCUT2D eigenvalue weighted by Gasteiger charge is 2.37. The van der Waals surface area contributed by atoms with Crippen LogP contribution in [0.15, 0.2) is 24.3 Å². The third kappa shape index (κ3) is 4.21. The maximum Gasteiger partial charge on any atom is 0.224 e. The molecule has 5 nitrogen and oxygen atoms in total. The third-order valence-electron chi connectivity index (χ3n) is 3.58. The molecule has 1 aliphatic rings. The molecule has 0 spiro atoms. The van der Waals surface area contributed by atoms with Crippen molar-refractivity contribution in [3.05, 3.63) is 34.9 Å². The summed E-state index contributed by atoms with van der Waals surface area (Å²) in [5.41, 5.74) is 0.244. The molecule has 1 N–H and O–H groups in total. The Morgan fingerprint density at radius 2 is 1.95 bits per heavy atom. The topological polar surface area (TPSA) is 66.5 Å². The first-order valence-electron chi connectivity index (χ1n) is 7.12. The Labute approximate surface area is 136 Å².